The van der Waals surface area contributed by atoms with Gasteiger partial charge in [-0.25, -0.2) is 0 Å². The topological polar surface area (TPSA) is 27.1 Å². The Kier molecular flexibility index (Phi) is 4.64. The first-order valence-electron chi connectivity index (χ1n) is 5.58. The Labute approximate surface area is 104 Å². The van der Waals surface area contributed by atoms with Gasteiger partial charge in [0.1, 0.15) is 0 Å². The van der Waals surface area contributed by atoms with Crippen LogP contribution in [0.15, 0.2) is 11.0 Å². The molecule has 0 atom stereocenters. The standard InChI is InChI=1S/C13H20N2S/c1-4-13(5-7-15(3)8-6-13)9-12(10-16)11(2)14/h1,10,14,16H,5-9H2,2-3H3/b12-10-,14-11?. The van der Waals surface area contributed by atoms with Gasteiger partial charge in [-0.1, -0.05) is 5.92 Å². The smallest absolute Gasteiger partial charge is 0.0377 e. The average Bonchev–Trinajstić information content (AvgIpc) is 2.28. The molecule has 0 unspecified atom stereocenters. The number of nitrogens with one attached hydrogen (secondary N) is 1. The van der Waals surface area contributed by atoms with Crippen LogP contribution in [-0.2, 0) is 0 Å². The molecule has 1 aliphatic rings. The normalized spacial score (nSPS) is 21.5. The van der Waals surface area contributed by atoms with Crippen LogP contribution in [0.1, 0.15) is 26.2 Å². The molecule has 0 saturated carbocycles. The van der Waals surface area contributed by atoms with Crippen molar-refractivity contribution in [2.24, 2.45) is 5.41 Å². The fourth-order valence-corrected chi connectivity index (χ4v) is 2.34. The highest BCUT2D eigenvalue weighted by Crippen LogP contribution is 2.36. The molecule has 0 aliphatic carbocycles. The molecule has 0 radical (unpaired) electrons. The molecule has 1 saturated heterocycles. The van der Waals surface area contributed by atoms with E-state index in [4.69, 9.17) is 11.8 Å². The van der Waals surface area contributed by atoms with Crippen LogP contribution in [0.3, 0.4) is 0 Å². The molecular formula is C13H20N2S. The van der Waals surface area contributed by atoms with E-state index in [2.05, 4.69) is 30.5 Å². The molecular weight excluding hydrogens is 216 g/mol. The number of hydrogen-bond donors (Lipinski definition) is 2. The maximum Gasteiger partial charge on any atom is 0.0377 e. The fraction of sp³-hybridized carbons (Fsp3) is 0.615. The van der Waals surface area contributed by atoms with Gasteiger partial charge in [0.15, 0.2) is 0 Å². The zero-order valence-electron chi connectivity index (χ0n) is 10.1. The van der Waals surface area contributed by atoms with Crippen LogP contribution in [0.5, 0.6) is 0 Å². The average molecular weight is 236 g/mol. The van der Waals surface area contributed by atoms with Crippen LogP contribution in [0.25, 0.3) is 0 Å². The Bertz CT molecular complexity index is 330. The quantitative estimate of drug-likeness (QED) is 0.440. The van der Waals surface area contributed by atoms with Crippen molar-refractivity contribution in [1.29, 1.82) is 5.41 Å². The minimum atomic E-state index is -0.0661. The van der Waals surface area contributed by atoms with Gasteiger partial charge in [0.05, 0.1) is 0 Å². The molecule has 1 aliphatic heterocycles. The second kappa shape index (κ2) is 5.56. The van der Waals surface area contributed by atoms with Crippen LogP contribution >= 0.6 is 12.6 Å². The summed E-state index contributed by atoms with van der Waals surface area (Å²) in [5.41, 5.74) is 1.47. The summed E-state index contributed by atoms with van der Waals surface area (Å²) in [6.45, 7) is 3.88. The van der Waals surface area contributed by atoms with Gasteiger partial charge < -0.3 is 10.3 Å². The van der Waals surface area contributed by atoms with Gasteiger partial charge in [0, 0.05) is 11.1 Å². The SMILES string of the molecule is C#CC1(C/C(=C/S)C(C)=N)CCN(C)CC1. The molecule has 0 spiro atoms. The van der Waals surface area contributed by atoms with Gasteiger partial charge in [-0.05, 0) is 57.3 Å². The molecule has 0 bridgehead atoms. The van der Waals surface area contributed by atoms with E-state index in [0.29, 0.717) is 5.71 Å². The summed E-state index contributed by atoms with van der Waals surface area (Å²) in [4.78, 5) is 2.30. The third-order valence-electron chi connectivity index (χ3n) is 3.42. The second-order valence-corrected chi connectivity index (χ2v) is 4.94. The number of rotatable bonds is 3. The minimum absolute atomic E-state index is 0.0661. The largest absolute Gasteiger partial charge is 0.306 e. The third-order valence-corrected chi connectivity index (χ3v) is 3.73. The molecule has 88 valence electrons. The zero-order valence-corrected chi connectivity index (χ0v) is 11.0. The molecule has 0 aromatic rings. The summed E-state index contributed by atoms with van der Waals surface area (Å²) in [6, 6.07) is 0. The number of hydrogen-bond acceptors (Lipinski definition) is 3. The van der Waals surface area contributed by atoms with Gasteiger partial charge in [-0.3, -0.25) is 0 Å². The number of likely N-dealkylation sites (tertiary alicyclic amines) is 1. The highest BCUT2D eigenvalue weighted by molar-refractivity contribution is 7.83. The number of nitrogens with zero attached hydrogens (tertiary/aromatic N) is 1. The summed E-state index contributed by atoms with van der Waals surface area (Å²) in [7, 11) is 2.12. The van der Waals surface area contributed by atoms with Crippen LogP contribution in [-0.4, -0.2) is 30.7 Å². The van der Waals surface area contributed by atoms with Crippen molar-refractivity contribution >= 4 is 18.3 Å². The first kappa shape index (κ1) is 13.3. The van der Waals surface area contributed by atoms with Crippen LogP contribution in [0, 0.1) is 23.2 Å². The lowest BCUT2D eigenvalue weighted by Crippen LogP contribution is -2.37. The molecule has 0 amide bonds. The van der Waals surface area contributed by atoms with Crippen molar-refractivity contribution in [1.82, 2.24) is 4.90 Å². The van der Waals surface area contributed by atoms with Gasteiger partial charge >= 0.3 is 0 Å². The van der Waals surface area contributed by atoms with E-state index in [9.17, 15) is 0 Å². The Hall–Kier alpha value is -0.720. The first-order chi connectivity index (χ1) is 7.53. The Morgan fingerprint density at radius 2 is 2.12 bits per heavy atom. The summed E-state index contributed by atoms with van der Waals surface area (Å²) in [5.74, 6) is 2.96. The lowest BCUT2D eigenvalue weighted by atomic mass is 9.74. The number of terminal acetylenes is 1. The molecule has 1 rings (SSSR count). The van der Waals surface area contributed by atoms with E-state index in [1.165, 1.54) is 0 Å². The predicted molar refractivity (Wildman–Crippen MR) is 73.1 cm³/mol. The summed E-state index contributed by atoms with van der Waals surface area (Å²) in [5, 5.41) is 9.40. The lowest BCUT2D eigenvalue weighted by Gasteiger charge is -2.37. The molecule has 0 aromatic carbocycles. The summed E-state index contributed by atoms with van der Waals surface area (Å²) >= 11 is 4.17. The monoisotopic (exact) mass is 236 g/mol. The Morgan fingerprint density at radius 3 is 2.50 bits per heavy atom. The van der Waals surface area contributed by atoms with Gasteiger partial charge in [-0.15, -0.1) is 6.42 Å². The number of allylic oxidation sites excluding steroid dienone is 1. The van der Waals surface area contributed by atoms with Gasteiger partial charge in [-0.2, -0.15) is 12.6 Å². The molecule has 16 heavy (non-hydrogen) atoms. The van der Waals surface area contributed by atoms with E-state index in [0.717, 1.165) is 37.9 Å². The van der Waals surface area contributed by atoms with Gasteiger partial charge in [0.2, 0.25) is 0 Å². The fourth-order valence-electron chi connectivity index (χ4n) is 2.06. The van der Waals surface area contributed by atoms with E-state index < -0.39 is 0 Å². The van der Waals surface area contributed by atoms with Crippen molar-refractivity contribution in [3.8, 4) is 12.3 Å². The third kappa shape index (κ3) is 3.13. The molecule has 1 heterocycles. The van der Waals surface area contributed by atoms with E-state index in [1.54, 1.807) is 12.3 Å². The highest BCUT2D eigenvalue weighted by atomic mass is 32.1. The number of piperidine rings is 1. The van der Waals surface area contributed by atoms with Crippen molar-refractivity contribution in [3.63, 3.8) is 0 Å². The van der Waals surface area contributed by atoms with Gasteiger partial charge in [0.25, 0.3) is 0 Å². The Morgan fingerprint density at radius 1 is 1.56 bits per heavy atom. The molecule has 0 aromatic heterocycles. The highest BCUT2D eigenvalue weighted by Gasteiger charge is 2.32. The zero-order chi connectivity index (χ0) is 12.2. The Balaban J connectivity index is 2.76. The van der Waals surface area contributed by atoms with E-state index >= 15 is 0 Å². The molecule has 1 N–H and O–H groups in total. The lowest BCUT2D eigenvalue weighted by molar-refractivity contribution is 0.173. The van der Waals surface area contributed by atoms with E-state index in [-0.39, 0.29) is 5.41 Å². The molecule has 3 heteroatoms. The maximum atomic E-state index is 7.68. The van der Waals surface area contributed by atoms with E-state index in [1.807, 2.05) is 0 Å². The van der Waals surface area contributed by atoms with Crippen molar-refractivity contribution < 1.29 is 0 Å². The second-order valence-electron chi connectivity index (χ2n) is 4.68. The van der Waals surface area contributed by atoms with Crippen molar-refractivity contribution in [2.75, 3.05) is 20.1 Å². The van der Waals surface area contributed by atoms with Crippen LogP contribution < -0.4 is 0 Å². The van der Waals surface area contributed by atoms with Crippen LogP contribution in [0.2, 0.25) is 0 Å². The predicted octanol–water partition coefficient (Wildman–Crippen LogP) is 2.58. The first-order valence-corrected chi connectivity index (χ1v) is 6.10. The molecule has 2 nitrogen and oxygen atoms in total. The van der Waals surface area contributed by atoms with Crippen molar-refractivity contribution in [2.45, 2.75) is 26.2 Å². The minimum Gasteiger partial charge on any atom is -0.306 e. The van der Waals surface area contributed by atoms with Crippen molar-refractivity contribution in [3.05, 3.63) is 11.0 Å². The summed E-state index contributed by atoms with van der Waals surface area (Å²) in [6.07, 6.45) is 8.51. The van der Waals surface area contributed by atoms with Crippen LogP contribution in [0.4, 0.5) is 0 Å². The maximum absolute atomic E-state index is 7.68. The molecule has 1 fully saturated rings. The summed E-state index contributed by atoms with van der Waals surface area (Å²) < 4.78 is 0. The number of thiol groups is 1.